The van der Waals surface area contributed by atoms with Gasteiger partial charge in [-0.2, -0.15) is 0 Å². The van der Waals surface area contributed by atoms with Crippen molar-refractivity contribution in [3.8, 4) is 0 Å². The third-order valence-corrected chi connectivity index (χ3v) is 5.94. The molecular formula is C18H24N2OS. The number of hydrogen-bond acceptors (Lipinski definition) is 4. The molecule has 0 amide bonds. The molecule has 1 aliphatic rings. The Morgan fingerprint density at radius 3 is 3.00 bits per heavy atom. The van der Waals surface area contributed by atoms with Crippen LogP contribution in [0.1, 0.15) is 36.2 Å². The molecule has 2 aromatic rings. The van der Waals surface area contributed by atoms with Crippen molar-refractivity contribution in [2.75, 3.05) is 19.7 Å². The lowest BCUT2D eigenvalue weighted by Crippen LogP contribution is -2.32. The number of aryl methyl sites for hydroxylation is 1. The van der Waals surface area contributed by atoms with E-state index in [0.717, 1.165) is 32.4 Å². The Balaban J connectivity index is 1.63. The largest absolute Gasteiger partial charge is 0.396 e. The van der Waals surface area contributed by atoms with Crippen molar-refractivity contribution in [2.24, 2.45) is 5.41 Å². The molecule has 1 unspecified atom stereocenters. The van der Waals surface area contributed by atoms with Gasteiger partial charge in [0.15, 0.2) is 0 Å². The van der Waals surface area contributed by atoms with Crippen LogP contribution < -0.4 is 0 Å². The lowest BCUT2D eigenvalue weighted by atomic mass is 9.83. The van der Waals surface area contributed by atoms with Crippen LogP contribution in [0.3, 0.4) is 0 Å². The normalized spacial score (nSPS) is 23.7. The first-order valence-corrected chi connectivity index (χ1v) is 8.88. The van der Waals surface area contributed by atoms with Gasteiger partial charge >= 0.3 is 0 Å². The van der Waals surface area contributed by atoms with Crippen LogP contribution in [0.5, 0.6) is 0 Å². The first kappa shape index (κ1) is 15.7. The molecule has 1 saturated heterocycles. The number of nitrogens with zero attached hydrogens (tertiary/aromatic N) is 2. The van der Waals surface area contributed by atoms with Crippen molar-refractivity contribution in [3.63, 3.8) is 0 Å². The van der Waals surface area contributed by atoms with E-state index in [-0.39, 0.29) is 12.0 Å². The average molecular weight is 316 g/mol. The second-order valence-electron chi connectivity index (χ2n) is 6.42. The first-order valence-electron chi connectivity index (χ1n) is 8.00. The van der Waals surface area contributed by atoms with Crippen molar-refractivity contribution >= 4 is 11.3 Å². The molecule has 4 heteroatoms. The number of aliphatic hydroxyl groups is 1. The average Bonchev–Trinajstić information content (AvgIpc) is 3.23. The highest BCUT2D eigenvalue weighted by Gasteiger charge is 2.39. The van der Waals surface area contributed by atoms with Crippen LogP contribution in [0.25, 0.3) is 0 Å². The smallest absolute Gasteiger partial charge is 0.0500 e. The molecule has 0 aliphatic carbocycles. The van der Waals surface area contributed by atoms with Crippen LogP contribution in [0.15, 0.2) is 42.0 Å². The maximum absolute atomic E-state index is 9.98. The van der Waals surface area contributed by atoms with Crippen molar-refractivity contribution < 1.29 is 5.11 Å². The van der Waals surface area contributed by atoms with Crippen molar-refractivity contribution in [2.45, 2.75) is 32.2 Å². The van der Waals surface area contributed by atoms with E-state index in [2.05, 4.69) is 40.4 Å². The predicted molar refractivity (Wildman–Crippen MR) is 91.0 cm³/mol. The summed E-state index contributed by atoms with van der Waals surface area (Å²) in [5, 5.41) is 12.1. The fourth-order valence-corrected chi connectivity index (χ4v) is 4.10. The quantitative estimate of drug-likeness (QED) is 0.886. The van der Waals surface area contributed by atoms with Gasteiger partial charge in [0.25, 0.3) is 0 Å². The maximum atomic E-state index is 9.98. The predicted octanol–water partition coefficient (Wildman–Crippen LogP) is 3.52. The van der Waals surface area contributed by atoms with E-state index in [1.165, 1.54) is 10.4 Å². The third-order valence-electron chi connectivity index (χ3n) is 5.00. The lowest BCUT2D eigenvalue weighted by Gasteiger charge is -2.30. The Labute approximate surface area is 136 Å². The molecule has 22 heavy (non-hydrogen) atoms. The topological polar surface area (TPSA) is 36.4 Å². The number of aromatic nitrogens is 1. The molecule has 3 rings (SSSR count). The van der Waals surface area contributed by atoms with Gasteiger partial charge in [-0.15, -0.1) is 11.3 Å². The van der Waals surface area contributed by atoms with E-state index in [9.17, 15) is 5.11 Å². The minimum Gasteiger partial charge on any atom is -0.396 e. The highest BCUT2D eigenvalue weighted by molar-refractivity contribution is 7.09. The highest BCUT2D eigenvalue weighted by Crippen LogP contribution is 2.38. The number of rotatable bonds is 6. The first-order chi connectivity index (χ1) is 10.7. The minimum absolute atomic E-state index is 0.0560. The van der Waals surface area contributed by atoms with Gasteiger partial charge in [-0.25, -0.2) is 0 Å². The SMILES string of the molecule is CC(c1cccnc1)N1CC[C@](CO)(CCc2cccs2)C1. The fraction of sp³-hybridized carbons (Fsp3) is 0.500. The number of aliphatic hydroxyl groups excluding tert-OH is 1. The van der Waals surface area contributed by atoms with Crippen LogP contribution >= 0.6 is 11.3 Å². The van der Waals surface area contributed by atoms with E-state index in [4.69, 9.17) is 0 Å². The second kappa shape index (κ2) is 6.90. The maximum Gasteiger partial charge on any atom is 0.0500 e. The summed E-state index contributed by atoms with van der Waals surface area (Å²) < 4.78 is 0. The number of pyridine rings is 1. The lowest BCUT2D eigenvalue weighted by molar-refractivity contribution is 0.112. The van der Waals surface area contributed by atoms with Gasteiger partial charge < -0.3 is 5.11 Å². The standard InChI is InChI=1S/C18H24N2OS/c1-15(16-4-2-9-19-12-16)20-10-8-18(13-20,14-21)7-6-17-5-3-11-22-17/h2-5,9,11-12,15,21H,6-8,10,13-14H2,1H3/t15?,18-/m1/s1. The Morgan fingerprint density at radius 1 is 1.41 bits per heavy atom. The molecule has 0 spiro atoms. The fourth-order valence-electron chi connectivity index (χ4n) is 3.39. The molecule has 0 radical (unpaired) electrons. The summed E-state index contributed by atoms with van der Waals surface area (Å²) in [5.74, 6) is 0. The van der Waals surface area contributed by atoms with Crippen LogP contribution in [0.2, 0.25) is 0 Å². The molecule has 3 nitrogen and oxygen atoms in total. The molecule has 2 atom stereocenters. The highest BCUT2D eigenvalue weighted by atomic mass is 32.1. The summed E-state index contributed by atoms with van der Waals surface area (Å²) in [4.78, 5) is 8.14. The Kier molecular flexibility index (Phi) is 4.91. The zero-order chi connectivity index (χ0) is 15.4. The van der Waals surface area contributed by atoms with E-state index in [0.29, 0.717) is 6.04 Å². The molecular weight excluding hydrogens is 292 g/mol. The summed E-state index contributed by atoms with van der Waals surface area (Å²) in [5.41, 5.74) is 1.31. The molecule has 1 aliphatic heterocycles. The second-order valence-corrected chi connectivity index (χ2v) is 7.45. The van der Waals surface area contributed by atoms with Crippen LogP contribution in [0, 0.1) is 5.41 Å². The number of likely N-dealkylation sites (tertiary alicyclic amines) is 1. The van der Waals surface area contributed by atoms with Gasteiger partial charge in [-0.05, 0) is 55.8 Å². The van der Waals surface area contributed by atoms with Gasteiger partial charge in [-0.1, -0.05) is 12.1 Å². The van der Waals surface area contributed by atoms with E-state index < -0.39 is 0 Å². The summed E-state index contributed by atoms with van der Waals surface area (Å²) in [6, 6.07) is 8.81. The summed E-state index contributed by atoms with van der Waals surface area (Å²) in [7, 11) is 0. The van der Waals surface area contributed by atoms with Crippen molar-refractivity contribution in [3.05, 3.63) is 52.5 Å². The zero-order valence-corrected chi connectivity index (χ0v) is 13.9. The van der Waals surface area contributed by atoms with Gasteiger partial charge in [0.2, 0.25) is 0 Å². The van der Waals surface area contributed by atoms with Crippen molar-refractivity contribution in [1.29, 1.82) is 0 Å². The minimum atomic E-state index is 0.0560. The van der Waals surface area contributed by atoms with E-state index in [1.54, 1.807) is 0 Å². The number of hydrogen-bond donors (Lipinski definition) is 1. The molecule has 0 bridgehead atoms. The summed E-state index contributed by atoms with van der Waals surface area (Å²) in [6.45, 7) is 4.56. The van der Waals surface area contributed by atoms with Gasteiger partial charge in [0, 0.05) is 41.9 Å². The summed E-state index contributed by atoms with van der Waals surface area (Å²) >= 11 is 1.82. The zero-order valence-electron chi connectivity index (χ0n) is 13.1. The molecule has 2 aromatic heterocycles. The molecule has 0 saturated carbocycles. The third kappa shape index (κ3) is 3.40. The monoisotopic (exact) mass is 316 g/mol. The summed E-state index contributed by atoms with van der Waals surface area (Å²) in [6.07, 6.45) is 7.00. The molecule has 3 heterocycles. The van der Waals surface area contributed by atoms with E-state index in [1.807, 2.05) is 29.8 Å². The van der Waals surface area contributed by atoms with Crippen LogP contribution in [-0.4, -0.2) is 34.7 Å². The number of thiophene rings is 1. The molecule has 1 fully saturated rings. The van der Waals surface area contributed by atoms with Gasteiger partial charge in [0.05, 0.1) is 0 Å². The molecule has 1 N–H and O–H groups in total. The molecule has 118 valence electrons. The van der Waals surface area contributed by atoms with E-state index >= 15 is 0 Å². The Hall–Kier alpha value is -1.23. The molecule has 0 aromatic carbocycles. The van der Waals surface area contributed by atoms with Crippen molar-refractivity contribution in [1.82, 2.24) is 9.88 Å². The Bertz CT molecular complexity index is 572. The van der Waals surface area contributed by atoms with Crippen LogP contribution in [-0.2, 0) is 6.42 Å². The van der Waals surface area contributed by atoms with Crippen LogP contribution in [0.4, 0.5) is 0 Å². The van der Waals surface area contributed by atoms with Gasteiger partial charge in [0.1, 0.15) is 0 Å². The van der Waals surface area contributed by atoms with Gasteiger partial charge in [-0.3, -0.25) is 9.88 Å². The Morgan fingerprint density at radius 2 is 2.32 bits per heavy atom.